The van der Waals surface area contributed by atoms with E-state index in [1.54, 1.807) is 7.11 Å². The molecule has 1 aromatic carbocycles. The van der Waals surface area contributed by atoms with Crippen molar-refractivity contribution >= 4 is 0 Å². The number of rotatable bonds is 6. The molecule has 0 aromatic heterocycles. The molecule has 4 heteroatoms. The minimum Gasteiger partial charge on any atom is -0.496 e. The fraction of sp³-hybridized carbons (Fsp3) is 0.600. The lowest BCUT2D eigenvalue weighted by molar-refractivity contribution is 0.137. The summed E-state index contributed by atoms with van der Waals surface area (Å²) in [5.41, 5.74) is 9.00. The number of aliphatic hydroxyl groups excluding tert-OH is 1. The molecule has 4 nitrogen and oxygen atoms in total. The quantitative estimate of drug-likeness (QED) is 0.821. The Labute approximate surface area is 116 Å². The maximum absolute atomic E-state index is 10.4. The minimum atomic E-state index is -0.635. The van der Waals surface area contributed by atoms with Crippen molar-refractivity contribution in [3.8, 4) is 5.75 Å². The molecule has 1 aromatic rings. The molecule has 0 aliphatic heterocycles. The number of benzene rings is 1. The lowest BCUT2D eigenvalue weighted by atomic mass is 9.94. The number of nitrogens with zero attached hydrogens (tertiary/aromatic N) is 1. The molecule has 19 heavy (non-hydrogen) atoms. The molecule has 108 valence electrons. The van der Waals surface area contributed by atoms with E-state index in [1.165, 1.54) is 0 Å². The van der Waals surface area contributed by atoms with Crippen molar-refractivity contribution < 1.29 is 9.84 Å². The van der Waals surface area contributed by atoms with Gasteiger partial charge in [0.25, 0.3) is 0 Å². The van der Waals surface area contributed by atoms with E-state index in [4.69, 9.17) is 10.5 Å². The van der Waals surface area contributed by atoms with Crippen molar-refractivity contribution in [2.45, 2.75) is 32.4 Å². The predicted octanol–water partition coefficient (Wildman–Crippen LogP) is 1.62. The zero-order valence-corrected chi connectivity index (χ0v) is 12.6. The third-order valence-electron chi connectivity index (χ3n) is 3.42. The minimum absolute atomic E-state index is 0.256. The second-order valence-corrected chi connectivity index (χ2v) is 5.38. The molecule has 3 N–H and O–H groups in total. The highest BCUT2D eigenvalue weighted by molar-refractivity contribution is 5.42. The number of methoxy groups -OCH3 is 1. The highest BCUT2D eigenvalue weighted by Gasteiger charge is 2.20. The van der Waals surface area contributed by atoms with Crippen LogP contribution in [0.1, 0.15) is 29.2 Å². The second-order valence-electron chi connectivity index (χ2n) is 5.38. The van der Waals surface area contributed by atoms with E-state index in [0.717, 1.165) is 35.4 Å². The summed E-state index contributed by atoms with van der Waals surface area (Å²) in [5.74, 6) is 0.843. The summed E-state index contributed by atoms with van der Waals surface area (Å²) >= 11 is 0. The third kappa shape index (κ3) is 4.20. The van der Waals surface area contributed by atoms with E-state index in [9.17, 15) is 5.11 Å². The normalized spacial score (nSPS) is 14.5. The molecule has 2 unspecified atom stereocenters. The summed E-state index contributed by atoms with van der Waals surface area (Å²) < 4.78 is 5.28. The van der Waals surface area contributed by atoms with Gasteiger partial charge in [0.05, 0.1) is 13.2 Å². The van der Waals surface area contributed by atoms with Crippen LogP contribution in [0, 0.1) is 13.8 Å². The molecule has 0 spiro atoms. The Balaban J connectivity index is 2.87. The summed E-state index contributed by atoms with van der Waals surface area (Å²) in [7, 11) is 5.66. The Kier molecular flexibility index (Phi) is 5.79. The molecule has 0 aliphatic carbocycles. The average Bonchev–Trinajstić information content (AvgIpc) is 2.37. The van der Waals surface area contributed by atoms with Gasteiger partial charge < -0.3 is 20.5 Å². The Bertz CT molecular complexity index is 419. The summed E-state index contributed by atoms with van der Waals surface area (Å²) in [6, 6.07) is 3.66. The molecule has 0 heterocycles. The summed E-state index contributed by atoms with van der Waals surface area (Å²) in [5, 5.41) is 10.4. The molecule has 2 atom stereocenters. The van der Waals surface area contributed by atoms with Crippen molar-refractivity contribution in [1.82, 2.24) is 4.90 Å². The molecule has 0 saturated carbocycles. The van der Waals surface area contributed by atoms with Crippen molar-refractivity contribution in [2.75, 3.05) is 27.7 Å². The Morgan fingerprint density at radius 2 is 1.89 bits per heavy atom. The van der Waals surface area contributed by atoms with E-state index in [1.807, 2.05) is 40.1 Å². The number of aliphatic hydroxyl groups is 1. The first-order valence-corrected chi connectivity index (χ1v) is 6.60. The van der Waals surface area contributed by atoms with Crippen LogP contribution in [0.5, 0.6) is 5.75 Å². The number of ether oxygens (including phenoxy) is 1. The summed E-state index contributed by atoms with van der Waals surface area (Å²) in [6.45, 7) is 4.81. The van der Waals surface area contributed by atoms with Gasteiger partial charge >= 0.3 is 0 Å². The van der Waals surface area contributed by atoms with Gasteiger partial charge in [0.1, 0.15) is 5.75 Å². The Morgan fingerprint density at radius 1 is 1.26 bits per heavy atom. The van der Waals surface area contributed by atoms with Gasteiger partial charge in [-0.1, -0.05) is 0 Å². The van der Waals surface area contributed by atoms with Crippen molar-refractivity contribution in [2.24, 2.45) is 5.73 Å². The molecule has 0 amide bonds. The molecule has 0 bridgehead atoms. The van der Waals surface area contributed by atoms with E-state index in [-0.39, 0.29) is 6.04 Å². The first-order chi connectivity index (χ1) is 8.86. The SMILES string of the molecule is COc1cc(C)c(C(O)C(N)CCN(C)C)cc1C. The van der Waals surface area contributed by atoms with Crippen LogP contribution in [-0.4, -0.2) is 43.8 Å². The number of nitrogens with two attached hydrogens (primary N) is 1. The molecule has 0 saturated heterocycles. The van der Waals surface area contributed by atoms with Crippen LogP contribution in [0.15, 0.2) is 12.1 Å². The highest BCUT2D eigenvalue weighted by atomic mass is 16.5. The van der Waals surface area contributed by atoms with Crippen LogP contribution in [-0.2, 0) is 0 Å². The second kappa shape index (κ2) is 6.89. The van der Waals surface area contributed by atoms with Crippen LogP contribution in [0.2, 0.25) is 0 Å². The summed E-state index contributed by atoms with van der Waals surface area (Å²) in [6.07, 6.45) is 0.128. The van der Waals surface area contributed by atoms with Gasteiger partial charge in [-0.25, -0.2) is 0 Å². The predicted molar refractivity (Wildman–Crippen MR) is 78.6 cm³/mol. The zero-order chi connectivity index (χ0) is 14.6. The molecule has 0 radical (unpaired) electrons. The molecule has 0 aliphatic rings. The number of hydrogen-bond acceptors (Lipinski definition) is 4. The van der Waals surface area contributed by atoms with Gasteiger partial charge in [0.15, 0.2) is 0 Å². The highest BCUT2D eigenvalue weighted by Crippen LogP contribution is 2.28. The molecule has 1 rings (SSSR count). The van der Waals surface area contributed by atoms with Gasteiger partial charge in [-0.15, -0.1) is 0 Å². The summed E-state index contributed by atoms with van der Waals surface area (Å²) in [4.78, 5) is 2.07. The van der Waals surface area contributed by atoms with Crippen LogP contribution < -0.4 is 10.5 Å². The van der Waals surface area contributed by atoms with Crippen LogP contribution in [0.3, 0.4) is 0 Å². The lowest BCUT2D eigenvalue weighted by Gasteiger charge is -2.23. The fourth-order valence-electron chi connectivity index (χ4n) is 2.15. The van der Waals surface area contributed by atoms with Crippen LogP contribution in [0.4, 0.5) is 0 Å². The monoisotopic (exact) mass is 266 g/mol. The van der Waals surface area contributed by atoms with Crippen molar-refractivity contribution in [1.29, 1.82) is 0 Å². The zero-order valence-electron chi connectivity index (χ0n) is 12.6. The number of hydrogen-bond donors (Lipinski definition) is 2. The van der Waals surface area contributed by atoms with Gasteiger partial charge in [0, 0.05) is 6.04 Å². The van der Waals surface area contributed by atoms with E-state index in [2.05, 4.69) is 4.90 Å². The Morgan fingerprint density at radius 3 is 2.42 bits per heavy atom. The average molecular weight is 266 g/mol. The van der Waals surface area contributed by atoms with Crippen LogP contribution >= 0.6 is 0 Å². The van der Waals surface area contributed by atoms with E-state index >= 15 is 0 Å². The molecule has 0 fully saturated rings. The standard InChI is InChI=1S/C15H26N2O2/c1-10-9-14(19-5)11(2)8-12(10)15(18)13(16)6-7-17(3)4/h8-9,13,15,18H,6-7,16H2,1-5H3. The first-order valence-electron chi connectivity index (χ1n) is 6.60. The maximum atomic E-state index is 10.4. The van der Waals surface area contributed by atoms with E-state index < -0.39 is 6.10 Å². The fourth-order valence-corrected chi connectivity index (χ4v) is 2.15. The maximum Gasteiger partial charge on any atom is 0.122 e. The smallest absolute Gasteiger partial charge is 0.122 e. The van der Waals surface area contributed by atoms with Gasteiger partial charge in [-0.3, -0.25) is 0 Å². The molecular weight excluding hydrogens is 240 g/mol. The largest absolute Gasteiger partial charge is 0.496 e. The Hall–Kier alpha value is -1.10. The first kappa shape index (κ1) is 16.0. The topological polar surface area (TPSA) is 58.7 Å². The van der Waals surface area contributed by atoms with Gasteiger partial charge in [0.2, 0.25) is 0 Å². The van der Waals surface area contributed by atoms with Gasteiger partial charge in [-0.2, -0.15) is 0 Å². The van der Waals surface area contributed by atoms with Crippen molar-refractivity contribution in [3.63, 3.8) is 0 Å². The molecular formula is C15H26N2O2. The number of aryl methyl sites for hydroxylation is 2. The van der Waals surface area contributed by atoms with Crippen molar-refractivity contribution in [3.05, 3.63) is 28.8 Å². The van der Waals surface area contributed by atoms with Crippen LogP contribution in [0.25, 0.3) is 0 Å². The van der Waals surface area contributed by atoms with E-state index in [0.29, 0.717) is 0 Å². The third-order valence-corrected chi connectivity index (χ3v) is 3.42. The lowest BCUT2D eigenvalue weighted by Crippen LogP contribution is -2.32. The van der Waals surface area contributed by atoms with Gasteiger partial charge in [-0.05, 0) is 69.7 Å².